The fourth-order valence-electron chi connectivity index (χ4n) is 3.27. The second-order valence-corrected chi connectivity index (χ2v) is 8.80. The lowest BCUT2D eigenvalue weighted by molar-refractivity contribution is -0.307. The van der Waals surface area contributed by atoms with Crippen molar-refractivity contribution in [3.05, 3.63) is 65.7 Å². The van der Waals surface area contributed by atoms with Gasteiger partial charge in [-0.25, -0.2) is 0 Å². The molecule has 1 aliphatic heterocycles. The lowest BCUT2D eigenvalue weighted by Crippen LogP contribution is -2.42. The second kappa shape index (κ2) is 10.9. The zero-order valence-corrected chi connectivity index (χ0v) is 19.9. The highest BCUT2D eigenvalue weighted by molar-refractivity contribution is 8.15. The molecule has 0 unspecified atom stereocenters. The molecular weight excluding hydrogens is 456 g/mol. The maximum atomic E-state index is 13.0. The molecule has 1 fully saturated rings. The number of hydrogen-bond acceptors (Lipinski definition) is 8. The Bertz CT molecular complexity index is 1150. The van der Waals surface area contributed by atoms with Crippen LogP contribution in [0.5, 0.6) is 5.75 Å². The van der Waals surface area contributed by atoms with E-state index in [0.29, 0.717) is 27.9 Å². The molecule has 0 radical (unpaired) electrons. The molecule has 0 spiro atoms. The predicted molar refractivity (Wildman–Crippen MR) is 130 cm³/mol. The SMILES string of the molecule is C=C(NN1C(=O)[C@H](CC(=O)Nc2ccc(C)cc2C)SC1=NC)c1ccc(OCC(=O)[O-])cc1. The third-order valence-corrected chi connectivity index (χ3v) is 6.19. The van der Waals surface area contributed by atoms with Gasteiger partial charge in [0.25, 0.3) is 5.91 Å². The van der Waals surface area contributed by atoms with Crippen molar-refractivity contribution in [1.82, 2.24) is 10.4 Å². The summed E-state index contributed by atoms with van der Waals surface area (Å²) >= 11 is 1.20. The summed E-state index contributed by atoms with van der Waals surface area (Å²) < 4.78 is 5.06. The number of benzene rings is 2. The maximum absolute atomic E-state index is 13.0. The number of aryl methyl sites for hydroxylation is 2. The number of hydrazine groups is 1. The van der Waals surface area contributed by atoms with Gasteiger partial charge < -0.3 is 20.0 Å². The van der Waals surface area contributed by atoms with Crippen molar-refractivity contribution >= 4 is 46.1 Å². The molecule has 0 aromatic heterocycles. The summed E-state index contributed by atoms with van der Waals surface area (Å²) in [6, 6.07) is 12.3. The van der Waals surface area contributed by atoms with Crippen molar-refractivity contribution in [2.24, 2.45) is 4.99 Å². The highest BCUT2D eigenvalue weighted by Gasteiger charge is 2.39. The van der Waals surface area contributed by atoms with Crippen molar-refractivity contribution < 1.29 is 24.2 Å². The van der Waals surface area contributed by atoms with Crippen LogP contribution in [0, 0.1) is 13.8 Å². The Hall–Kier alpha value is -3.79. The zero-order chi connectivity index (χ0) is 24.8. The van der Waals surface area contributed by atoms with Crippen LogP contribution < -0.4 is 20.6 Å². The van der Waals surface area contributed by atoms with Gasteiger partial charge in [0.15, 0.2) is 5.17 Å². The van der Waals surface area contributed by atoms with E-state index in [1.165, 1.54) is 16.8 Å². The van der Waals surface area contributed by atoms with Gasteiger partial charge in [0.1, 0.15) is 17.6 Å². The molecule has 3 rings (SSSR count). The summed E-state index contributed by atoms with van der Waals surface area (Å²) in [5, 5.41) is 14.4. The monoisotopic (exact) mass is 481 g/mol. The van der Waals surface area contributed by atoms with E-state index in [-0.39, 0.29) is 18.2 Å². The van der Waals surface area contributed by atoms with Crippen LogP contribution in [0.15, 0.2) is 54.0 Å². The topological polar surface area (TPSA) is 123 Å². The first-order chi connectivity index (χ1) is 16.2. The molecule has 9 nitrogen and oxygen atoms in total. The number of aliphatic imine (C=N–C) groups is 1. The van der Waals surface area contributed by atoms with Gasteiger partial charge >= 0.3 is 0 Å². The first-order valence-corrected chi connectivity index (χ1v) is 11.3. The molecule has 10 heteroatoms. The Balaban J connectivity index is 1.62. The summed E-state index contributed by atoms with van der Waals surface area (Å²) in [5.41, 5.74) is 6.78. The molecule has 2 amide bonds. The molecule has 1 saturated heterocycles. The fraction of sp³-hybridized carbons (Fsp3) is 0.250. The largest absolute Gasteiger partial charge is 0.546 e. The summed E-state index contributed by atoms with van der Waals surface area (Å²) in [6.45, 7) is 7.31. The number of aliphatic carboxylic acids is 1. The summed E-state index contributed by atoms with van der Waals surface area (Å²) in [4.78, 5) is 40.3. The van der Waals surface area contributed by atoms with E-state index in [0.717, 1.165) is 11.1 Å². The average molecular weight is 482 g/mol. The number of amides is 2. The van der Waals surface area contributed by atoms with Gasteiger partial charge in [0, 0.05) is 19.2 Å². The van der Waals surface area contributed by atoms with E-state index in [9.17, 15) is 19.5 Å². The number of rotatable bonds is 9. The minimum absolute atomic E-state index is 0.00897. The maximum Gasteiger partial charge on any atom is 0.261 e. The summed E-state index contributed by atoms with van der Waals surface area (Å²) in [7, 11) is 1.56. The second-order valence-electron chi connectivity index (χ2n) is 7.63. The first-order valence-electron chi connectivity index (χ1n) is 10.4. The van der Waals surface area contributed by atoms with Crippen LogP contribution in [-0.4, -0.2) is 46.9 Å². The van der Waals surface area contributed by atoms with Crippen LogP contribution >= 0.6 is 11.8 Å². The quantitative estimate of drug-likeness (QED) is 0.560. The molecule has 2 N–H and O–H groups in total. The van der Waals surface area contributed by atoms with Crippen LogP contribution in [0.2, 0.25) is 0 Å². The van der Waals surface area contributed by atoms with Gasteiger partial charge in [0.2, 0.25) is 5.91 Å². The van der Waals surface area contributed by atoms with Crippen LogP contribution in [0.1, 0.15) is 23.1 Å². The number of nitrogens with zero attached hydrogens (tertiary/aromatic N) is 2. The van der Waals surface area contributed by atoms with Crippen molar-refractivity contribution in [3.8, 4) is 5.75 Å². The van der Waals surface area contributed by atoms with Crippen LogP contribution in [0.4, 0.5) is 5.69 Å². The van der Waals surface area contributed by atoms with Crippen molar-refractivity contribution in [2.45, 2.75) is 25.5 Å². The third-order valence-electron chi connectivity index (χ3n) is 4.96. The number of amidine groups is 1. The highest BCUT2D eigenvalue weighted by Crippen LogP contribution is 2.30. The molecule has 0 saturated carbocycles. The Kier molecular flexibility index (Phi) is 7.95. The van der Waals surface area contributed by atoms with E-state index in [1.807, 2.05) is 32.0 Å². The third kappa shape index (κ3) is 6.16. The smallest absolute Gasteiger partial charge is 0.261 e. The average Bonchev–Trinajstić information content (AvgIpc) is 3.08. The molecule has 2 aromatic rings. The first kappa shape index (κ1) is 24.8. The van der Waals surface area contributed by atoms with Crippen molar-refractivity contribution in [3.63, 3.8) is 0 Å². The molecule has 34 heavy (non-hydrogen) atoms. The zero-order valence-electron chi connectivity index (χ0n) is 19.1. The number of thioether (sulfide) groups is 1. The van der Waals surface area contributed by atoms with Gasteiger partial charge in [-0.05, 0) is 55.3 Å². The molecule has 1 atom stereocenters. The van der Waals surface area contributed by atoms with E-state index in [4.69, 9.17) is 4.74 Å². The number of ether oxygens (including phenoxy) is 1. The minimum Gasteiger partial charge on any atom is -0.546 e. The molecule has 0 aliphatic carbocycles. The number of carboxylic acids is 1. The van der Waals surface area contributed by atoms with Gasteiger partial charge in [-0.1, -0.05) is 36.0 Å². The molecule has 178 valence electrons. The minimum atomic E-state index is -1.32. The molecular formula is C24H25N4O5S-. The van der Waals surface area contributed by atoms with Gasteiger partial charge in [0.05, 0.1) is 11.7 Å². The van der Waals surface area contributed by atoms with Gasteiger partial charge in [-0.2, -0.15) is 5.01 Å². The predicted octanol–water partition coefficient (Wildman–Crippen LogP) is 1.87. The number of anilines is 1. The standard InChI is InChI=1S/C24H26N4O5S/c1-14-5-10-19(15(2)11-14)26-21(29)12-20-23(32)28(24(25-4)34-20)27-16(3)17-6-8-18(9-7-17)33-13-22(30)31/h5-11,20,27H,3,12-13H2,1-2,4H3,(H,26,29)(H,30,31)/p-1/t20-/m0/s1. The van der Waals surface area contributed by atoms with Crippen LogP contribution in [0.3, 0.4) is 0 Å². The van der Waals surface area contributed by atoms with Crippen molar-refractivity contribution in [1.29, 1.82) is 0 Å². The lowest BCUT2D eigenvalue weighted by Gasteiger charge is -2.20. The fourth-order valence-corrected chi connectivity index (χ4v) is 4.31. The van der Waals surface area contributed by atoms with E-state index >= 15 is 0 Å². The molecule has 1 aliphatic rings. The number of carbonyl (C=O) groups excluding carboxylic acids is 3. The summed E-state index contributed by atoms with van der Waals surface area (Å²) in [6.07, 6.45) is -0.00897. The van der Waals surface area contributed by atoms with E-state index in [2.05, 4.69) is 22.3 Å². The normalized spacial score (nSPS) is 16.4. The molecule has 1 heterocycles. The van der Waals surface area contributed by atoms with Crippen LogP contribution in [0.25, 0.3) is 5.70 Å². The molecule has 2 aromatic carbocycles. The Morgan fingerprint density at radius 2 is 1.91 bits per heavy atom. The van der Waals surface area contributed by atoms with E-state index in [1.54, 1.807) is 31.3 Å². The molecule has 0 bridgehead atoms. The number of hydrogen-bond donors (Lipinski definition) is 2. The summed E-state index contributed by atoms with van der Waals surface area (Å²) in [5.74, 6) is -1.53. The Morgan fingerprint density at radius 3 is 2.53 bits per heavy atom. The Labute approximate surface area is 201 Å². The Morgan fingerprint density at radius 1 is 1.21 bits per heavy atom. The van der Waals surface area contributed by atoms with E-state index < -0.39 is 17.8 Å². The highest BCUT2D eigenvalue weighted by atomic mass is 32.2. The number of carbonyl (C=O) groups is 3. The van der Waals surface area contributed by atoms with Crippen molar-refractivity contribution in [2.75, 3.05) is 19.0 Å². The lowest BCUT2D eigenvalue weighted by atomic mass is 10.1. The number of nitrogens with one attached hydrogen (secondary N) is 2. The van der Waals surface area contributed by atoms with Crippen LogP contribution in [-0.2, 0) is 14.4 Å². The number of carboxylic acid groups (broad SMARTS) is 1. The van der Waals surface area contributed by atoms with Gasteiger partial charge in [-0.3, -0.25) is 20.0 Å². The van der Waals surface area contributed by atoms with Gasteiger partial charge in [-0.15, -0.1) is 0 Å².